The Bertz CT molecular complexity index is 1030. The maximum absolute atomic E-state index is 14.4. The highest BCUT2D eigenvalue weighted by molar-refractivity contribution is 7.18. The van der Waals surface area contributed by atoms with Gasteiger partial charge < -0.3 is 20.3 Å². The van der Waals surface area contributed by atoms with Gasteiger partial charge in [-0.1, -0.05) is 34.5 Å². The van der Waals surface area contributed by atoms with Crippen molar-refractivity contribution in [3.63, 3.8) is 0 Å². The third kappa shape index (κ3) is 5.39. The SMILES string of the molecule is CC(C)Oc1ccc(-c2nnc(-c3cc(F)c(OCC(N)CO)cc3Cl)s2)cc1Cl. The Morgan fingerprint density at radius 2 is 1.83 bits per heavy atom. The Hall–Kier alpha value is -1.97. The lowest BCUT2D eigenvalue weighted by Gasteiger charge is -2.12. The minimum absolute atomic E-state index is 0.00449. The first-order valence-corrected chi connectivity index (χ1v) is 10.6. The topological polar surface area (TPSA) is 90.5 Å². The number of aliphatic hydroxyl groups excluding tert-OH is 1. The normalized spacial score (nSPS) is 12.3. The molecule has 6 nitrogen and oxygen atoms in total. The molecule has 0 aliphatic rings. The van der Waals surface area contributed by atoms with Gasteiger partial charge in [-0.15, -0.1) is 10.2 Å². The second-order valence-corrected chi connectivity index (χ2v) is 8.53. The lowest BCUT2D eigenvalue weighted by molar-refractivity contribution is 0.202. The van der Waals surface area contributed by atoms with Crippen molar-refractivity contribution >= 4 is 34.5 Å². The Labute approximate surface area is 187 Å². The van der Waals surface area contributed by atoms with Gasteiger partial charge in [0.2, 0.25) is 0 Å². The van der Waals surface area contributed by atoms with Crippen LogP contribution in [0.1, 0.15) is 13.8 Å². The second kappa shape index (κ2) is 9.89. The van der Waals surface area contributed by atoms with Gasteiger partial charge in [0.1, 0.15) is 22.4 Å². The summed E-state index contributed by atoms with van der Waals surface area (Å²) in [5, 5.41) is 19.0. The fourth-order valence-electron chi connectivity index (χ4n) is 2.48. The van der Waals surface area contributed by atoms with Crippen LogP contribution in [0, 0.1) is 5.82 Å². The van der Waals surface area contributed by atoms with Crippen LogP contribution in [0.3, 0.4) is 0 Å². The van der Waals surface area contributed by atoms with Crippen LogP contribution in [0.2, 0.25) is 10.0 Å². The molecule has 0 saturated carbocycles. The molecule has 0 aliphatic carbocycles. The summed E-state index contributed by atoms with van der Waals surface area (Å²) in [4.78, 5) is 0. The molecule has 0 aliphatic heterocycles. The molecular formula is C20H20Cl2FN3O3S. The summed E-state index contributed by atoms with van der Waals surface area (Å²) in [5.41, 5.74) is 6.72. The average Bonchev–Trinajstić information content (AvgIpc) is 3.19. The van der Waals surface area contributed by atoms with Gasteiger partial charge in [0, 0.05) is 17.2 Å². The van der Waals surface area contributed by atoms with Crippen LogP contribution in [0.15, 0.2) is 30.3 Å². The van der Waals surface area contributed by atoms with Crippen molar-refractivity contribution in [2.75, 3.05) is 13.2 Å². The highest BCUT2D eigenvalue weighted by atomic mass is 35.5. The zero-order chi connectivity index (χ0) is 21.8. The Balaban J connectivity index is 1.84. The van der Waals surface area contributed by atoms with E-state index in [1.54, 1.807) is 12.1 Å². The Morgan fingerprint density at radius 1 is 1.10 bits per heavy atom. The first-order valence-electron chi connectivity index (χ1n) is 9.07. The van der Waals surface area contributed by atoms with Crippen molar-refractivity contribution in [3.05, 3.63) is 46.2 Å². The van der Waals surface area contributed by atoms with Crippen molar-refractivity contribution in [1.82, 2.24) is 10.2 Å². The summed E-state index contributed by atoms with van der Waals surface area (Å²) in [6.07, 6.45) is 0.00449. The third-order valence-corrected chi connectivity index (χ3v) is 5.52. The highest BCUT2D eigenvalue weighted by Gasteiger charge is 2.17. The number of nitrogens with two attached hydrogens (primary N) is 1. The predicted molar refractivity (Wildman–Crippen MR) is 117 cm³/mol. The quantitative estimate of drug-likeness (QED) is 0.490. The minimum Gasteiger partial charge on any atom is -0.489 e. The Morgan fingerprint density at radius 3 is 2.50 bits per heavy atom. The van der Waals surface area contributed by atoms with Crippen LogP contribution in [0.4, 0.5) is 4.39 Å². The van der Waals surface area contributed by atoms with Crippen molar-refractivity contribution in [2.45, 2.75) is 26.0 Å². The number of nitrogens with zero attached hydrogens (tertiary/aromatic N) is 2. The maximum atomic E-state index is 14.4. The number of benzene rings is 2. The van der Waals surface area contributed by atoms with Crippen LogP contribution in [0.25, 0.3) is 21.1 Å². The van der Waals surface area contributed by atoms with Gasteiger partial charge in [0.15, 0.2) is 11.6 Å². The monoisotopic (exact) mass is 471 g/mol. The van der Waals surface area contributed by atoms with Gasteiger partial charge in [-0.3, -0.25) is 0 Å². The molecule has 0 fully saturated rings. The fraction of sp³-hybridized carbons (Fsp3) is 0.300. The molecule has 1 heterocycles. The molecule has 0 bridgehead atoms. The molecule has 10 heteroatoms. The van der Waals surface area contributed by atoms with E-state index in [0.717, 1.165) is 5.56 Å². The lowest BCUT2D eigenvalue weighted by atomic mass is 10.2. The zero-order valence-corrected chi connectivity index (χ0v) is 18.6. The molecule has 0 saturated heterocycles. The fourth-order valence-corrected chi connectivity index (χ4v) is 3.88. The van der Waals surface area contributed by atoms with Crippen LogP contribution in [-0.2, 0) is 0 Å². The Kier molecular flexibility index (Phi) is 7.49. The molecule has 0 radical (unpaired) electrons. The molecule has 0 spiro atoms. The van der Waals surface area contributed by atoms with Crippen LogP contribution in [-0.4, -0.2) is 40.7 Å². The van der Waals surface area contributed by atoms with Gasteiger partial charge in [0.05, 0.1) is 28.8 Å². The largest absolute Gasteiger partial charge is 0.489 e. The summed E-state index contributed by atoms with van der Waals surface area (Å²) < 4.78 is 25.4. The van der Waals surface area contributed by atoms with Gasteiger partial charge in [-0.2, -0.15) is 0 Å². The van der Waals surface area contributed by atoms with Gasteiger partial charge in [-0.05, 0) is 38.1 Å². The molecular weight excluding hydrogens is 452 g/mol. The lowest BCUT2D eigenvalue weighted by Crippen LogP contribution is -2.31. The summed E-state index contributed by atoms with van der Waals surface area (Å²) in [6.45, 7) is 3.53. The van der Waals surface area contributed by atoms with Gasteiger partial charge in [-0.25, -0.2) is 4.39 Å². The molecule has 1 atom stereocenters. The summed E-state index contributed by atoms with van der Waals surface area (Å²) in [7, 11) is 0. The van der Waals surface area contributed by atoms with E-state index in [1.807, 2.05) is 19.9 Å². The number of aromatic nitrogens is 2. The summed E-state index contributed by atoms with van der Waals surface area (Å²) in [5.74, 6) is -0.0822. The van der Waals surface area contributed by atoms with Crippen LogP contribution in [0.5, 0.6) is 11.5 Å². The van der Waals surface area contributed by atoms with E-state index < -0.39 is 11.9 Å². The third-order valence-electron chi connectivity index (χ3n) is 3.91. The van der Waals surface area contributed by atoms with Crippen LogP contribution >= 0.6 is 34.5 Å². The predicted octanol–water partition coefficient (Wildman–Crippen LogP) is 4.80. The van der Waals surface area contributed by atoms with E-state index in [9.17, 15) is 4.39 Å². The molecule has 30 heavy (non-hydrogen) atoms. The molecule has 2 aromatic carbocycles. The molecule has 1 aromatic heterocycles. The minimum atomic E-state index is -0.616. The second-order valence-electron chi connectivity index (χ2n) is 6.74. The van der Waals surface area contributed by atoms with Crippen LogP contribution < -0.4 is 15.2 Å². The standard InChI is InChI=1S/C20H20Cl2FN3O3S/c1-10(2)29-17-4-3-11(5-15(17)22)19-25-26-20(30-19)13-6-16(23)18(7-14(13)21)28-9-12(24)8-27/h3-7,10,12,27H,8-9,24H2,1-2H3. The van der Waals surface area contributed by atoms with Crippen molar-refractivity contribution in [3.8, 4) is 32.6 Å². The van der Waals surface area contributed by atoms with E-state index in [4.69, 9.17) is 43.5 Å². The van der Waals surface area contributed by atoms with E-state index in [1.165, 1.54) is 23.5 Å². The first-order chi connectivity index (χ1) is 14.3. The highest BCUT2D eigenvalue weighted by Crippen LogP contribution is 2.38. The smallest absolute Gasteiger partial charge is 0.165 e. The molecule has 1 unspecified atom stereocenters. The molecule has 160 valence electrons. The number of ether oxygens (including phenoxy) is 2. The number of hydrogen-bond donors (Lipinski definition) is 2. The van der Waals surface area contributed by atoms with E-state index >= 15 is 0 Å². The number of hydrogen-bond acceptors (Lipinski definition) is 7. The van der Waals surface area contributed by atoms with E-state index in [2.05, 4.69) is 10.2 Å². The molecule has 3 rings (SSSR count). The summed E-state index contributed by atoms with van der Waals surface area (Å²) >= 11 is 13.9. The van der Waals surface area contributed by atoms with Crippen molar-refractivity contribution in [1.29, 1.82) is 0 Å². The van der Waals surface area contributed by atoms with Crippen molar-refractivity contribution < 1.29 is 19.0 Å². The first kappa shape index (κ1) is 22.7. The van der Waals surface area contributed by atoms with Gasteiger partial charge in [0.25, 0.3) is 0 Å². The molecule has 0 amide bonds. The summed E-state index contributed by atoms with van der Waals surface area (Å²) in [6, 6.07) is 7.32. The molecule has 3 N–H and O–H groups in total. The maximum Gasteiger partial charge on any atom is 0.165 e. The molecule has 3 aromatic rings. The number of aliphatic hydroxyl groups is 1. The van der Waals surface area contributed by atoms with E-state index in [0.29, 0.717) is 26.4 Å². The number of halogens is 3. The van der Waals surface area contributed by atoms with E-state index in [-0.39, 0.29) is 30.1 Å². The van der Waals surface area contributed by atoms with Crippen molar-refractivity contribution in [2.24, 2.45) is 5.73 Å². The number of rotatable bonds is 8. The zero-order valence-electron chi connectivity index (χ0n) is 16.2. The van der Waals surface area contributed by atoms with Gasteiger partial charge >= 0.3 is 0 Å². The average molecular weight is 472 g/mol.